The summed E-state index contributed by atoms with van der Waals surface area (Å²) < 4.78 is 11.0. The topological polar surface area (TPSA) is 51.5 Å². The van der Waals surface area contributed by atoms with Crippen molar-refractivity contribution in [3.05, 3.63) is 52.4 Å². The van der Waals surface area contributed by atoms with Crippen LogP contribution in [0.4, 0.5) is 5.69 Å². The van der Waals surface area contributed by atoms with Crippen LogP contribution >= 0.6 is 15.9 Å². The molecule has 2 aromatic rings. The van der Waals surface area contributed by atoms with Crippen molar-refractivity contribution in [2.45, 2.75) is 19.4 Å². The zero-order chi connectivity index (χ0) is 14.8. The molecule has 0 fully saturated rings. The molecule has 1 unspecified atom stereocenters. The summed E-state index contributed by atoms with van der Waals surface area (Å²) in [6.07, 6.45) is 0. The normalized spacial score (nSPS) is 13.6. The number of ether oxygens (including phenoxy) is 1. The molecule has 0 radical (unpaired) electrons. The number of aryl methyl sites for hydroxylation is 1. The van der Waals surface area contributed by atoms with Crippen LogP contribution in [0.25, 0.3) is 0 Å². The van der Waals surface area contributed by atoms with Crippen LogP contribution in [0.5, 0.6) is 0 Å². The van der Waals surface area contributed by atoms with E-state index in [1.807, 2.05) is 31.2 Å². The van der Waals surface area contributed by atoms with Crippen LogP contribution in [0.1, 0.15) is 18.2 Å². The van der Waals surface area contributed by atoms with Crippen LogP contribution in [-0.2, 0) is 15.1 Å². The van der Waals surface area contributed by atoms with Crippen molar-refractivity contribution in [1.29, 1.82) is 0 Å². The van der Waals surface area contributed by atoms with E-state index in [9.17, 15) is 4.79 Å². The molecular formula is C15H16BrNO3. The van der Waals surface area contributed by atoms with Gasteiger partial charge in [0.15, 0.2) is 10.2 Å². The predicted molar refractivity (Wildman–Crippen MR) is 80.6 cm³/mol. The molecule has 0 amide bonds. The van der Waals surface area contributed by atoms with Crippen molar-refractivity contribution in [3.8, 4) is 0 Å². The first-order valence-electron chi connectivity index (χ1n) is 6.15. The minimum Gasteiger partial charge on any atom is -0.467 e. The first kappa shape index (κ1) is 14.7. The maximum Gasteiger partial charge on any atom is 0.339 e. The summed E-state index contributed by atoms with van der Waals surface area (Å²) in [7, 11) is 1.36. The Morgan fingerprint density at radius 1 is 1.35 bits per heavy atom. The second-order valence-corrected chi connectivity index (χ2v) is 5.50. The van der Waals surface area contributed by atoms with E-state index < -0.39 is 11.5 Å². The third-order valence-electron chi connectivity index (χ3n) is 3.07. The number of hydrogen-bond donors (Lipinski definition) is 1. The summed E-state index contributed by atoms with van der Waals surface area (Å²) in [4.78, 5) is 12.2. The van der Waals surface area contributed by atoms with Gasteiger partial charge in [0.2, 0.25) is 0 Å². The molecule has 1 atom stereocenters. The van der Waals surface area contributed by atoms with E-state index in [2.05, 4.69) is 21.2 Å². The molecule has 5 heteroatoms. The summed E-state index contributed by atoms with van der Waals surface area (Å²) >= 11 is 3.25. The first-order valence-corrected chi connectivity index (χ1v) is 6.94. The van der Waals surface area contributed by atoms with Gasteiger partial charge in [0.05, 0.1) is 7.11 Å². The molecule has 0 saturated carbocycles. The lowest BCUT2D eigenvalue weighted by Gasteiger charge is -2.27. The highest BCUT2D eigenvalue weighted by Gasteiger charge is 2.39. The molecule has 4 nitrogen and oxygen atoms in total. The lowest BCUT2D eigenvalue weighted by Crippen LogP contribution is -2.41. The van der Waals surface area contributed by atoms with Gasteiger partial charge in [-0.1, -0.05) is 12.1 Å². The highest BCUT2D eigenvalue weighted by atomic mass is 79.9. The van der Waals surface area contributed by atoms with Gasteiger partial charge < -0.3 is 14.5 Å². The molecule has 1 N–H and O–H groups in total. The van der Waals surface area contributed by atoms with E-state index in [-0.39, 0.29) is 0 Å². The molecule has 2 rings (SSSR count). The van der Waals surface area contributed by atoms with E-state index in [0.717, 1.165) is 11.3 Å². The first-order chi connectivity index (χ1) is 9.45. The van der Waals surface area contributed by atoms with Crippen molar-refractivity contribution < 1.29 is 13.9 Å². The van der Waals surface area contributed by atoms with Gasteiger partial charge in [0, 0.05) is 5.69 Å². The van der Waals surface area contributed by atoms with Crippen molar-refractivity contribution in [2.24, 2.45) is 0 Å². The van der Waals surface area contributed by atoms with Gasteiger partial charge in [-0.25, -0.2) is 4.79 Å². The molecule has 106 valence electrons. The Hall–Kier alpha value is -1.75. The molecule has 1 heterocycles. The molecule has 0 saturated heterocycles. The van der Waals surface area contributed by atoms with Crippen LogP contribution in [0, 0.1) is 6.92 Å². The highest BCUT2D eigenvalue weighted by molar-refractivity contribution is 9.10. The summed E-state index contributed by atoms with van der Waals surface area (Å²) in [6.45, 7) is 3.72. The predicted octanol–water partition coefficient (Wildman–Crippen LogP) is 3.85. The molecule has 0 spiro atoms. The molecule has 0 aliphatic rings. The SMILES string of the molecule is COC(=O)C(C)(Nc1cccc(C)c1)c1ccc(Br)o1. The maximum absolute atomic E-state index is 12.2. The molecular weight excluding hydrogens is 322 g/mol. The van der Waals surface area contributed by atoms with Gasteiger partial charge in [-0.05, 0) is 59.6 Å². The number of carbonyl (C=O) groups is 1. The van der Waals surface area contributed by atoms with Gasteiger partial charge in [0.1, 0.15) is 5.76 Å². The molecule has 1 aromatic heterocycles. The third-order valence-corrected chi connectivity index (χ3v) is 3.50. The average molecular weight is 338 g/mol. The van der Waals surface area contributed by atoms with Crippen LogP contribution in [0.3, 0.4) is 0 Å². The lowest BCUT2D eigenvalue weighted by molar-refractivity contribution is -0.146. The minimum absolute atomic E-state index is 0.416. The fraction of sp³-hybridized carbons (Fsp3) is 0.267. The van der Waals surface area contributed by atoms with Crippen LogP contribution < -0.4 is 5.32 Å². The third kappa shape index (κ3) is 2.88. The number of benzene rings is 1. The highest BCUT2D eigenvalue weighted by Crippen LogP contribution is 2.30. The number of hydrogen-bond acceptors (Lipinski definition) is 4. The van der Waals surface area contributed by atoms with Crippen molar-refractivity contribution >= 4 is 27.6 Å². The monoisotopic (exact) mass is 337 g/mol. The Kier molecular flexibility index (Phi) is 4.18. The van der Waals surface area contributed by atoms with E-state index in [0.29, 0.717) is 10.4 Å². The van der Waals surface area contributed by atoms with Crippen molar-refractivity contribution in [3.63, 3.8) is 0 Å². The quantitative estimate of drug-likeness (QED) is 0.861. The Bertz CT molecular complexity index is 623. The van der Waals surface area contributed by atoms with E-state index >= 15 is 0 Å². The standard InChI is InChI=1S/C15H16BrNO3/c1-10-5-4-6-11(9-10)17-15(2,14(18)19-3)12-7-8-13(16)20-12/h4-9,17H,1-3H3. The van der Waals surface area contributed by atoms with Gasteiger partial charge in [-0.3, -0.25) is 0 Å². The molecule has 20 heavy (non-hydrogen) atoms. The maximum atomic E-state index is 12.2. The van der Waals surface area contributed by atoms with Gasteiger partial charge in [-0.2, -0.15) is 0 Å². The number of nitrogens with one attached hydrogen (secondary N) is 1. The van der Waals surface area contributed by atoms with E-state index in [4.69, 9.17) is 9.15 Å². The van der Waals surface area contributed by atoms with E-state index in [1.54, 1.807) is 19.1 Å². The number of esters is 1. The van der Waals surface area contributed by atoms with E-state index in [1.165, 1.54) is 7.11 Å². The Balaban J connectivity index is 2.40. The van der Waals surface area contributed by atoms with Crippen LogP contribution in [-0.4, -0.2) is 13.1 Å². The summed E-state index contributed by atoms with van der Waals surface area (Å²) in [6, 6.07) is 11.3. The Morgan fingerprint density at radius 2 is 2.10 bits per heavy atom. The number of rotatable bonds is 4. The smallest absolute Gasteiger partial charge is 0.339 e. The van der Waals surface area contributed by atoms with Gasteiger partial charge in [-0.15, -0.1) is 0 Å². The lowest BCUT2D eigenvalue weighted by atomic mass is 9.98. The zero-order valence-corrected chi connectivity index (χ0v) is 13.2. The van der Waals surface area contributed by atoms with Gasteiger partial charge in [0.25, 0.3) is 0 Å². The fourth-order valence-electron chi connectivity index (χ4n) is 2.01. The molecule has 0 aliphatic heterocycles. The number of halogens is 1. The molecule has 1 aromatic carbocycles. The van der Waals surface area contributed by atoms with Crippen LogP contribution in [0.2, 0.25) is 0 Å². The summed E-state index contributed by atoms with van der Waals surface area (Å²) in [5.74, 6) is 0.0681. The molecule has 0 aliphatic carbocycles. The second-order valence-electron chi connectivity index (χ2n) is 4.71. The fourth-order valence-corrected chi connectivity index (χ4v) is 2.32. The van der Waals surface area contributed by atoms with Crippen molar-refractivity contribution in [1.82, 2.24) is 0 Å². The van der Waals surface area contributed by atoms with Crippen molar-refractivity contribution in [2.75, 3.05) is 12.4 Å². The Labute approximate surface area is 126 Å². The minimum atomic E-state index is -1.09. The number of carbonyl (C=O) groups excluding carboxylic acids is 1. The Morgan fingerprint density at radius 3 is 2.65 bits per heavy atom. The molecule has 0 bridgehead atoms. The van der Waals surface area contributed by atoms with Gasteiger partial charge >= 0.3 is 5.97 Å². The summed E-state index contributed by atoms with van der Waals surface area (Å²) in [5, 5.41) is 3.19. The largest absolute Gasteiger partial charge is 0.467 e. The van der Waals surface area contributed by atoms with Crippen LogP contribution in [0.15, 0.2) is 45.5 Å². The average Bonchev–Trinajstić information content (AvgIpc) is 2.85. The number of methoxy groups -OCH3 is 1. The number of furan rings is 1. The number of anilines is 1. The second kappa shape index (κ2) is 5.71. The zero-order valence-electron chi connectivity index (χ0n) is 11.6. The summed E-state index contributed by atoms with van der Waals surface area (Å²) in [5.41, 5.74) is 0.836.